The molecule has 0 saturated carbocycles. The highest BCUT2D eigenvalue weighted by atomic mass is 35.5. The minimum Gasteiger partial charge on any atom is -0.443 e. The van der Waals surface area contributed by atoms with Crippen LogP contribution in [0.3, 0.4) is 0 Å². The Labute approximate surface area is 175 Å². The second-order valence-electron chi connectivity index (χ2n) is 8.49. The summed E-state index contributed by atoms with van der Waals surface area (Å²) in [5.41, 5.74) is 4.20. The molecule has 6 nitrogen and oxygen atoms in total. The first-order chi connectivity index (χ1) is 13.7. The van der Waals surface area contributed by atoms with Gasteiger partial charge < -0.3 is 9.72 Å². The van der Waals surface area contributed by atoms with Crippen LogP contribution >= 0.6 is 11.6 Å². The van der Waals surface area contributed by atoms with Crippen molar-refractivity contribution in [3.63, 3.8) is 0 Å². The molecule has 3 heterocycles. The molecule has 0 saturated heterocycles. The van der Waals surface area contributed by atoms with Gasteiger partial charge in [-0.3, -0.25) is 4.90 Å². The van der Waals surface area contributed by atoms with Crippen molar-refractivity contribution in [2.45, 2.75) is 52.1 Å². The number of nitrogens with one attached hydrogen (secondary N) is 1. The number of hydrogen-bond acceptors (Lipinski definition) is 4. The highest BCUT2D eigenvalue weighted by molar-refractivity contribution is 6.31. The molecule has 0 aliphatic carbocycles. The van der Waals surface area contributed by atoms with E-state index in [2.05, 4.69) is 34.0 Å². The average molecular weight is 413 g/mol. The number of rotatable bonds is 2. The number of amides is 1. The molecule has 3 aromatic rings. The smallest absolute Gasteiger partial charge is 0.414 e. The fourth-order valence-corrected chi connectivity index (χ4v) is 3.81. The maximum absolute atomic E-state index is 12.6. The maximum Gasteiger partial charge on any atom is 0.414 e. The van der Waals surface area contributed by atoms with E-state index in [0.29, 0.717) is 17.2 Å². The average Bonchev–Trinajstić information content (AvgIpc) is 3.08. The largest absolute Gasteiger partial charge is 0.443 e. The van der Waals surface area contributed by atoms with E-state index in [-0.39, 0.29) is 12.0 Å². The zero-order valence-corrected chi connectivity index (χ0v) is 17.9. The van der Waals surface area contributed by atoms with Gasteiger partial charge in [-0.1, -0.05) is 30.7 Å². The third kappa shape index (κ3) is 4.08. The number of pyridine rings is 1. The summed E-state index contributed by atoms with van der Waals surface area (Å²) in [6.45, 7) is 8.43. The number of hydrogen-bond donors (Lipinski definition) is 1. The summed E-state index contributed by atoms with van der Waals surface area (Å²) in [6, 6.07) is 8.07. The van der Waals surface area contributed by atoms with Crippen LogP contribution < -0.4 is 4.90 Å². The van der Waals surface area contributed by atoms with Gasteiger partial charge in [0.15, 0.2) is 5.65 Å². The van der Waals surface area contributed by atoms with Gasteiger partial charge in [0.1, 0.15) is 11.4 Å². The van der Waals surface area contributed by atoms with Gasteiger partial charge in [0, 0.05) is 18.7 Å². The molecule has 0 fully saturated rings. The number of ether oxygens (including phenoxy) is 1. The van der Waals surface area contributed by atoms with Crippen LogP contribution in [-0.2, 0) is 11.2 Å². The van der Waals surface area contributed by atoms with Gasteiger partial charge in [-0.05, 0) is 56.9 Å². The Balaban J connectivity index is 1.62. The molecule has 29 heavy (non-hydrogen) atoms. The number of fused-ring (bicyclic) bond motifs is 2. The van der Waals surface area contributed by atoms with Crippen LogP contribution in [0.15, 0.2) is 30.5 Å². The van der Waals surface area contributed by atoms with Crippen LogP contribution in [0.4, 0.5) is 10.5 Å². The van der Waals surface area contributed by atoms with E-state index in [0.717, 1.165) is 41.0 Å². The molecule has 4 rings (SSSR count). The molecular formula is C22H25ClN4O2. The van der Waals surface area contributed by atoms with Crippen molar-refractivity contribution < 1.29 is 9.53 Å². The fraction of sp³-hybridized carbons (Fsp3) is 0.409. The third-order valence-corrected chi connectivity index (χ3v) is 5.28. The van der Waals surface area contributed by atoms with E-state index in [1.54, 1.807) is 11.1 Å². The van der Waals surface area contributed by atoms with Gasteiger partial charge in [0.25, 0.3) is 0 Å². The normalized spacial score (nSPS) is 15.3. The summed E-state index contributed by atoms with van der Waals surface area (Å²) in [4.78, 5) is 26.6. The summed E-state index contributed by atoms with van der Waals surface area (Å²) >= 11 is 6.03. The number of halogens is 1. The lowest BCUT2D eigenvalue weighted by atomic mass is 9.93. The van der Waals surface area contributed by atoms with Crippen LogP contribution in [0.1, 0.15) is 57.0 Å². The van der Waals surface area contributed by atoms with Crippen molar-refractivity contribution in [1.82, 2.24) is 15.0 Å². The predicted octanol–water partition coefficient (Wildman–Crippen LogP) is 5.45. The van der Waals surface area contributed by atoms with Gasteiger partial charge in [-0.2, -0.15) is 0 Å². The summed E-state index contributed by atoms with van der Waals surface area (Å²) in [5, 5.41) is 0.580. The fourth-order valence-electron chi connectivity index (χ4n) is 3.65. The number of aryl methyl sites for hydroxylation is 1. The zero-order chi connectivity index (χ0) is 20.8. The molecule has 1 aromatic carbocycles. The van der Waals surface area contributed by atoms with Crippen molar-refractivity contribution in [1.29, 1.82) is 0 Å². The van der Waals surface area contributed by atoms with Crippen LogP contribution in [0.5, 0.6) is 0 Å². The van der Waals surface area contributed by atoms with Gasteiger partial charge in [-0.15, -0.1) is 0 Å². The first kappa shape index (κ1) is 19.7. The first-order valence-corrected chi connectivity index (χ1v) is 10.2. The lowest BCUT2D eigenvalue weighted by Crippen LogP contribution is -2.39. The number of nitrogens with zero attached hydrogens (tertiary/aromatic N) is 3. The Morgan fingerprint density at radius 1 is 1.31 bits per heavy atom. The van der Waals surface area contributed by atoms with Crippen LogP contribution in [0.2, 0.25) is 5.02 Å². The summed E-state index contributed by atoms with van der Waals surface area (Å²) in [7, 11) is 0. The van der Waals surface area contributed by atoms with Crippen molar-refractivity contribution >= 4 is 34.5 Å². The van der Waals surface area contributed by atoms with Crippen molar-refractivity contribution in [3.05, 3.63) is 52.4 Å². The quantitative estimate of drug-likeness (QED) is 0.607. The number of imidazole rings is 1. The number of anilines is 1. The predicted molar refractivity (Wildman–Crippen MR) is 115 cm³/mol. The summed E-state index contributed by atoms with van der Waals surface area (Å²) in [5.74, 6) is 0.903. The number of aromatic amines is 1. The minimum absolute atomic E-state index is 0.0604. The lowest BCUT2D eigenvalue weighted by Gasteiger charge is -2.32. The number of carbonyl (C=O) groups excluding carboxylic acids is 1. The Morgan fingerprint density at radius 3 is 2.86 bits per heavy atom. The van der Waals surface area contributed by atoms with Gasteiger partial charge in [-0.25, -0.2) is 14.8 Å². The van der Waals surface area contributed by atoms with E-state index >= 15 is 0 Å². The minimum atomic E-state index is -0.513. The molecule has 1 N–H and O–H groups in total. The van der Waals surface area contributed by atoms with Crippen molar-refractivity contribution in [2.24, 2.45) is 0 Å². The lowest BCUT2D eigenvalue weighted by molar-refractivity contribution is 0.0578. The molecule has 2 aromatic heterocycles. The Hall–Kier alpha value is -2.60. The van der Waals surface area contributed by atoms with E-state index < -0.39 is 5.60 Å². The molecule has 0 bridgehead atoms. The van der Waals surface area contributed by atoms with Gasteiger partial charge in [0.2, 0.25) is 0 Å². The molecule has 1 aliphatic rings. The van der Waals surface area contributed by atoms with Crippen LogP contribution in [-0.4, -0.2) is 33.2 Å². The molecule has 152 valence electrons. The van der Waals surface area contributed by atoms with Crippen molar-refractivity contribution in [2.75, 3.05) is 11.4 Å². The monoisotopic (exact) mass is 412 g/mol. The molecule has 7 heteroatoms. The second-order valence-corrected chi connectivity index (χ2v) is 8.93. The molecule has 1 amide bonds. The van der Waals surface area contributed by atoms with Gasteiger partial charge >= 0.3 is 6.09 Å². The SMILES string of the molecule is CC(c1ccc2c(c1)CCCN2C(=O)OC(C)(C)C)c1nc2ncc(Cl)cc2[nH]1. The third-order valence-electron chi connectivity index (χ3n) is 5.07. The number of benzene rings is 1. The second kappa shape index (κ2) is 7.34. The van der Waals surface area contributed by atoms with E-state index in [1.807, 2.05) is 32.9 Å². The molecule has 0 radical (unpaired) electrons. The molecule has 0 spiro atoms. The number of aromatic nitrogens is 3. The number of carbonyl (C=O) groups is 1. The Morgan fingerprint density at radius 2 is 2.10 bits per heavy atom. The van der Waals surface area contributed by atoms with E-state index in [1.165, 1.54) is 0 Å². The molecular weight excluding hydrogens is 388 g/mol. The van der Waals surface area contributed by atoms with Crippen molar-refractivity contribution in [3.8, 4) is 0 Å². The maximum atomic E-state index is 12.6. The first-order valence-electron chi connectivity index (χ1n) is 9.86. The van der Waals surface area contributed by atoms with E-state index in [9.17, 15) is 4.79 Å². The summed E-state index contributed by atoms with van der Waals surface area (Å²) < 4.78 is 5.58. The molecule has 1 aliphatic heterocycles. The highest BCUT2D eigenvalue weighted by Crippen LogP contribution is 2.33. The Bertz CT molecular complexity index is 1070. The highest BCUT2D eigenvalue weighted by Gasteiger charge is 2.28. The number of H-pyrrole nitrogens is 1. The standard InChI is InChI=1S/C22H25ClN4O2/c1-13(19-25-17-11-16(23)12-24-20(17)26-19)14-7-8-18-15(10-14)6-5-9-27(18)21(28)29-22(2,3)4/h7-8,10-13H,5-6,9H2,1-4H3,(H,24,25,26). The van der Waals surface area contributed by atoms with Crippen LogP contribution in [0, 0.1) is 0 Å². The Kier molecular flexibility index (Phi) is 4.99. The van der Waals surface area contributed by atoms with Crippen LogP contribution in [0.25, 0.3) is 11.2 Å². The van der Waals surface area contributed by atoms with E-state index in [4.69, 9.17) is 16.3 Å². The zero-order valence-electron chi connectivity index (χ0n) is 17.1. The van der Waals surface area contributed by atoms with Gasteiger partial charge in [0.05, 0.1) is 16.2 Å². The molecule has 1 atom stereocenters. The molecule has 1 unspecified atom stereocenters. The topological polar surface area (TPSA) is 71.1 Å². The summed E-state index contributed by atoms with van der Waals surface area (Å²) in [6.07, 6.45) is 3.16.